The van der Waals surface area contributed by atoms with Gasteiger partial charge in [-0.25, -0.2) is 8.78 Å². The van der Waals surface area contributed by atoms with Crippen molar-refractivity contribution in [3.63, 3.8) is 0 Å². The Morgan fingerprint density at radius 2 is 1.52 bits per heavy atom. The molecule has 0 aromatic heterocycles. The van der Waals surface area contributed by atoms with Gasteiger partial charge in [-0.1, -0.05) is 12.8 Å². The van der Waals surface area contributed by atoms with Crippen molar-refractivity contribution in [2.24, 2.45) is 0 Å². The highest BCUT2D eigenvalue weighted by atomic mass is 19.4. The molecule has 124 valence electrons. The van der Waals surface area contributed by atoms with E-state index in [-0.39, 0.29) is 26.3 Å². The van der Waals surface area contributed by atoms with E-state index in [4.69, 9.17) is 9.47 Å². The lowest BCUT2D eigenvalue weighted by molar-refractivity contribution is -0.288. The van der Waals surface area contributed by atoms with Gasteiger partial charge in [-0.3, -0.25) is 4.90 Å². The predicted octanol–water partition coefficient (Wildman–Crippen LogP) is 2.84. The number of hydrogen-bond donors (Lipinski definition) is 0. The summed E-state index contributed by atoms with van der Waals surface area (Å²) in [5.74, 6) is -4.02. The third-order valence-electron chi connectivity index (χ3n) is 3.93. The summed E-state index contributed by atoms with van der Waals surface area (Å²) in [7, 11) is 0. The molecule has 2 fully saturated rings. The minimum atomic E-state index is -5.01. The van der Waals surface area contributed by atoms with E-state index in [1.54, 1.807) is 0 Å². The quantitative estimate of drug-likeness (QED) is 0.747. The lowest BCUT2D eigenvalue weighted by atomic mass is 10.0. The molecule has 0 aromatic rings. The average molecular weight is 317 g/mol. The molecule has 0 saturated carbocycles. The van der Waals surface area contributed by atoms with Crippen LogP contribution in [-0.2, 0) is 9.47 Å². The first kappa shape index (κ1) is 16.9. The van der Waals surface area contributed by atoms with E-state index in [2.05, 4.69) is 0 Å². The molecule has 8 heteroatoms. The second kappa shape index (κ2) is 6.75. The zero-order chi connectivity index (χ0) is 15.5. The highest BCUT2D eigenvalue weighted by molar-refractivity contribution is 4.97. The third-order valence-corrected chi connectivity index (χ3v) is 3.93. The SMILES string of the molecule is FC(F)(F)C(N1CCCCCC1)C(F)(F)C1COCCO1. The summed E-state index contributed by atoms with van der Waals surface area (Å²) in [6, 6.07) is -2.81. The van der Waals surface area contributed by atoms with Crippen LogP contribution in [0.4, 0.5) is 22.0 Å². The molecule has 3 nitrogen and oxygen atoms in total. The Kier molecular flexibility index (Phi) is 5.43. The summed E-state index contributed by atoms with van der Waals surface area (Å²) in [5.41, 5.74) is 0. The number of halogens is 5. The molecule has 2 atom stereocenters. The van der Waals surface area contributed by atoms with Crippen LogP contribution in [0, 0.1) is 0 Å². The molecule has 0 spiro atoms. The Labute approximate surface area is 120 Å². The molecule has 0 N–H and O–H groups in total. The Hall–Kier alpha value is -0.470. The van der Waals surface area contributed by atoms with E-state index in [9.17, 15) is 22.0 Å². The summed E-state index contributed by atoms with van der Waals surface area (Å²) in [6.07, 6.45) is -4.30. The minimum Gasteiger partial charge on any atom is -0.376 e. The molecule has 2 rings (SSSR count). The van der Waals surface area contributed by atoms with Crippen LogP contribution in [0.3, 0.4) is 0 Å². The summed E-state index contributed by atoms with van der Waals surface area (Å²) < 4.78 is 78.3. The zero-order valence-corrected chi connectivity index (χ0v) is 11.7. The minimum absolute atomic E-state index is 0.0351. The topological polar surface area (TPSA) is 21.7 Å². The summed E-state index contributed by atoms with van der Waals surface area (Å²) in [6.45, 7) is -0.411. The molecule has 0 amide bonds. The van der Waals surface area contributed by atoms with Crippen molar-refractivity contribution in [1.29, 1.82) is 0 Å². The molecule has 0 bridgehead atoms. The number of likely N-dealkylation sites (tertiary alicyclic amines) is 1. The molecule has 2 saturated heterocycles. The van der Waals surface area contributed by atoms with E-state index in [1.807, 2.05) is 0 Å². The van der Waals surface area contributed by atoms with Gasteiger partial charge in [0.1, 0.15) is 6.10 Å². The smallest absolute Gasteiger partial charge is 0.376 e. The van der Waals surface area contributed by atoms with Crippen molar-refractivity contribution in [3.05, 3.63) is 0 Å². The summed E-state index contributed by atoms with van der Waals surface area (Å²) in [5, 5.41) is 0. The Balaban J connectivity index is 2.20. The van der Waals surface area contributed by atoms with Crippen LogP contribution >= 0.6 is 0 Å². The van der Waals surface area contributed by atoms with Gasteiger partial charge < -0.3 is 9.47 Å². The van der Waals surface area contributed by atoms with Crippen LogP contribution in [0.15, 0.2) is 0 Å². The van der Waals surface area contributed by atoms with E-state index >= 15 is 0 Å². The van der Waals surface area contributed by atoms with Crippen molar-refractivity contribution in [2.75, 3.05) is 32.9 Å². The van der Waals surface area contributed by atoms with E-state index in [0.29, 0.717) is 12.8 Å². The van der Waals surface area contributed by atoms with E-state index in [1.165, 1.54) is 0 Å². The molecule has 21 heavy (non-hydrogen) atoms. The van der Waals surface area contributed by atoms with Crippen molar-refractivity contribution in [2.45, 2.75) is 49.9 Å². The predicted molar refractivity (Wildman–Crippen MR) is 65.4 cm³/mol. The summed E-state index contributed by atoms with van der Waals surface area (Å²) in [4.78, 5) is 0.866. The molecule has 2 aliphatic rings. The van der Waals surface area contributed by atoms with E-state index < -0.39 is 30.9 Å². The highest BCUT2D eigenvalue weighted by Gasteiger charge is 2.62. The van der Waals surface area contributed by atoms with Crippen molar-refractivity contribution in [1.82, 2.24) is 4.90 Å². The summed E-state index contributed by atoms with van der Waals surface area (Å²) >= 11 is 0. The Bertz CT molecular complexity index is 323. The lowest BCUT2D eigenvalue weighted by Gasteiger charge is -2.41. The van der Waals surface area contributed by atoms with Gasteiger partial charge in [0.25, 0.3) is 5.92 Å². The highest BCUT2D eigenvalue weighted by Crippen LogP contribution is 2.40. The van der Waals surface area contributed by atoms with Crippen LogP contribution in [0.1, 0.15) is 25.7 Å². The fourth-order valence-electron chi connectivity index (χ4n) is 2.91. The third kappa shape index (κ3) is 4.04. The van der Waals surface area contributed by atoms with Crippen molar-refractivity contribution < 1.29 is 31.4 Å². The van der Waals surface area contributed by atoms with Crippen LogP contribution in [0.5, 0.6) is 0 Å². The molecule has 2 unspecified atom stereocenters. The van der Waals surface area contributed by atoms with Gasteiger partial charge in [-0.05, 0) is 25.9 Å². The molecule has 2 aliphatic heterocycles. The standard InChI is InChI=1S/C13H20F5NO2/c14-12(15,10-9-20-7-8-21-10)11(13(16,17)18)19-5-3-1-2-4-6-19/h10-11H,1-9H2. The molecule has 0 aliphatic carbocycles. The first-order chi connectivity index (χ1) is 9.83. The normalized spacial score (nSPS) is 28.1. The largest absolute Gasteiger partial charge is 0.410 e. The molecular formula is C13H20F5NO2. The molecular weight excluding hydrogens is 297 g/mol. The lowest BCUT2D eigenvalue weighted by Crippen LogP contribution is -2.63. The van der Waals surface area contributed by atoms with Crippen molar-refractivity contribution >= 4 is 0 Å². The first-order valence-corrected chi connectivity index (χ1v) is 7.21. The fraction of sp³-hybridized carbons (Fsp3) is 1.00. The first-order valence-electron chi connectivity index (χ1n) is 7.21. The van der Waals surface area contributed by atoms with Crippen LogP contribution in [0.2, 0.25) is 0 Å². The van der Waals surface area contributed by atoms with Gasteiger partial charge in [0, 0.05) is 0 Å². The number of hydrogen-bond acceptors (Lipinski definition) is 3. The fourth-order valence-corrected chi connectivity index (χ4v) is 2.91. The number of alkyl halides is 5. The maximum absolute atomic E-state index is 14.4. The van der Waals surface area contributed by atoms with Gasteiger partial charge >= 0.3 is 6.18 Å². The maximum atomic E-state index is 14.4. The Morgan fingerprint density at radius 1 is 0.905 bits per heavy atom. The van der Waals surface area contributed by atoms with Gasteiger partial charge in [0.15, 0.2) is 6.04 Å². The monoisotopic (exact) mass is 317 g/mol. The van der Waals surface area contributed by atoms with Gasteiger partial charge in [0.05, 0.1) is 19.8 Å². The van der Waals surface area contributed by atoms with E-state index in [0.717, 1.165) is 17.7 Å². The van der Waals surface area contributed by atoms with Crippen LogP contribution in [-0.4, -0.2) is 62.1 Å². The zero-order valence-electron chi connectivity index (χ0n) is 11.7. The second-order valence-electron chi connectivity index (χ2n) is 5.50. The molecule has 0 aromatic carbocycles. The average Bonchev–Trinajstić information content (AvgIpc) is 2.67. The maximum Gasteiger partial charge on any atom is 0.410 e. The van der Waals surface area contributed by atoms with Crippen molar-refractivity contribution in [3.8, 4) is 0 Å². The second-order valence-corrected chi connectivity index (χ2v) is 5.50. The Morgan fingerprint density at radius 3 is 2.00 bits per heavy atom. The van der Waals surface area contributed by atoms with Crippen LogP contribution in [0.25, 0.3) is 0 Å². The van der Waals surface area contributed by atoms with Gasteiger partial charge in [0.2, 0.25) is 0 Å². The molecule has 2 heterocycles. The molecule has 0 radical (unpaired) electrons. The number of ether oxygens (including phenoxy) is 2. The number of nitrogens with zero attached hydrogens (tertiary/aromatic N) is 1. The van der Waals surface area contributed by atoms with Gasteiger partial charge in [-0.15, -0.1) is 0 Å². The van der Waals surface area contributed by atoms with Crippen LogP contribution < -0.4 is 0 Å². The number of rotatable bonds is 3. The van der Waals surface area contributed by atoms with Gasteiger partial charge in [-0.2, -0.15) is 13.2 Å².